The minimum absolute atomic E-state index is 0.0306. The fourth-order valence-corrected chi connectivity index (χ4v) is 5.14. The number of nitrogens with zero attached hydrogens (tertiary/aromatic N) is 5. The van der Waals surface area contributed by atoms with Gasteiger partial charge in [-0.05, 0) is 43.3 Å². The van der Waals surface area contributed by atoms with Crippen LogP contribution in [0.3, 0.4) is 0 Å². The van der Waals surface area contributed by atoms with Gasteiger partial charge in [0.25, 0.3) is 5.91 Å². The molecule has 2 unspecified atom stereocenters. The van der Waals surface area contributed by atoms with Crippen molar-refractivity contribution in [3.63, 3.8) is 0 Å². The number of nitrogen functional groups attached to an aromatic ring is 1. The molecule has 0 aliphatic carbocycles. The predicted octanol–water partition coefficient (Wildman–Crippen LogP) is 2.92. The number of fused-ring (bicyclic) bond motifs is 6. The van der Waals surface area contributed by atoms with E-state index < -0.39 is 35.1 Å². The largest absolute Gasteiger partial charge is 0.488 e. The minimum atomic E-state index is -4.53. The molecule has 6 rings (SSSR count). The molecule has 36 heavy (non-hydrogen) atoms. The Labute approximate surface area is 205 Å². The van der Waals surface area contributed by atoms with E-state index in [0.717, 1.165) is 12.1 Å². The maximum atomic E-state index is 13.8. The summed E-state index contributed by atoms with van der Waals surface area (Å²) in [5, 5.41) is -1.58. The minimum Gasteiger partial charge on any atom is -0.488 e. The molecule has 0 saturated carbocycles. The fourth-order valence-electron chi connectivity index (χ4n) is 5.14. The number of ether oxygens (including phenoxy) is 1. The lowest BCUT2D eigenvalue weighted by Gasteiger charge is -2.49. The van der Waals surface area contributed by atoms with Gasteiger partial charge in [-0.25, -0.2) is 15.0 Å². The van der Waals surface area contributed by atoms with Crippen molar-refractivity contribution in [1.82, 2.24) is 24.3 Å². The number of rotatable bonds is 1. The van der Waals surface area contributed by atoms with Crippen molar-refractivity contribution in [3.8, 4) is 5.75 Å². The number of pyridine rings is 1. The van der Waals surface area contributed by atoms with Crippen molar-refractivity contribution in [2.75, 3.05) is 5.73 Å². The second-order valence-electron chi connectivity index (χ2n) is 9.16. The van der Waals surface area contributed by atoms with Crippen molar-refractivity contribution in [2.45, 2.75) is 43.4 Å². The third-order valence-electron chi connectivity index (χ3n) is 6.84. The Kier molecular flexibility index (Phi) is 4.65. The molecule has 2 aliphatic rings. The molecule has 178 valence electrons. The average Bonchev–Trinajstić information content (AvgIpc) is 3.38. The van der Waals surface area contributed by atoms with Gasteiger partial charge >= 0.3 is 6.18 Å². The number of likely N-dealkylation sites (tertiary alicyclic amines) is 1. The first-order valence-corrected chi connectivity index (χ1v) is 11.1. The van der Waals surface area contributed by atoms with Gasteiger partial charge in [-0.1, -0.05) is 6.07 Å². The van der Waals surface area contributed by atoms with E-state index in [-0.39, 0.29) is 23.7 Å². The van der Waals surface area contributed by atoms with Gasteiger partial charge in [0.2, 0.25) is 0 Å². The SMILES string of the molecule is [B]C1([B])CCC2Oc3cc(C(F)(F)F)ccc3C2N1C(=O)c1cc2c(cn1)nc(N)c1c(C)ncn12. The van der Waals surface area contributed by atoms with E-state index in [9.17, 15) is 18.0 Å². The molecule has 1 amide bonds. The van der Waals surface area contributed by atoms with Crippen LogP contribution in [0.4, 0.5) is 19.0 Å². The molecule has 1 fully saturated rings. The number of halogens is 3. The number of imidazole rings is 1. The van der Waals surface area contributed by atoms with Gasteiger partial charge < -0.3 is 15.4 Å². The zero-order chi connectivity index (χ0) is 25.6. The van der Waals surface area contributed by atoms with E-state index >= 15 is 0 Å². The van der Waals surface area contributed by atoms with Gasteiger partial charge in [0, 0.05) is 5.56 Å². The van der Waals surface area contributed by atoms with Crippen molar-refractivity contribution in [2.24, 2.45) is 0 Å². The molecule has 0 bridgehead atoms. The number of piperidine rings is 1. The summed E-state index contributed by atoms with van der Waals surface area (Å²) >= 11 is 0. The fraction of sp³-hybridized carbons (Fsp3) is 0.304. The maximum Gasteiger partial charge on any atom is 0.416 e. The molecule has 0 spiro atoms. The zero-order valence-electron chi connectivity index (χ0n) is 19.0. The van der Waals surface area contributed by atoms with Gasteiger partial charge in [-0.2, -0.15) is 13.2 Å². The van der Waals surface area contributed by atoms with E-state index in [2.05, 4.69) is 15.0 Å². The number of hydrogen-bond donors (Lipinski definition) is 1. The number of carbonyl (C=O) groups excluding carboxylic acids is 1. The molecule has 1 aromatic carbocycles. The van der Waals surface area contributed by atoms with Gasteiger partial charge in [0.1, 0.15) is 34.9 Å². The summed E-state index contributed by atoms with van der Waals surface area (Å²) < 4.78 is 47.3. The van der Waals surface area contributed by atoms with Crippen LogP contribution in [0.15, 0.2) is 36.8 Å². The van der Waals surface area contributed by atoms with Crippen LogP contribution >= 0.6 is 0 Å². The Hall–Kier alpha value is -3.76. The molecule has 4 radical (unpaired) electrons. The summed E-state index contributed by atoms with van der Waals surface area (Å²) in [6.45, 7) is 1.79. The molecule has 2 N–H and O–H groups in total. The molecular weight excluding hydrogens is 471 g/mol. The van der Waals surface area contributed by atoms with Crippen molar-refractivity contribution < 1.29 is 22.7 Å². The van der Waals surface area contributed by atoms with Gasteiger partial charge in [0.15, 0.2) is 5.82 Å². The highest BCUT2D eigenvalue weighted by Gasteiger charge is 2.50. The standard InChI is InChI=1S/C23H17B2F3N6O2/c1-10-18-20(29)32-14-8-30-13(7-15(14)33(18)9-31-10)21(35)34-19-12-3-2-11(23(26,27)28)6-17(12)36-16(19)4-5-22(34,24)25/h2-3,6-9,16,19H,4-5H2,1H3,(H2,29,32). The predicted molar refractivity (Wildman–Crippen MR) is 126 cm³/mol. The number of anilines is 1. The summed E-state index contributed by atoms with van der Waals surface area (Å²) in [5.41, 5.74) is 7.94. The topological polar surface area (TPSA) is 98.6 Å². The van der Waals surface area contributed by atoms with Gasteiger partial charge in [-0.15, -0.1) is 0 Å². The number of nitrogens with two attached hydrogens (primary N) is 1. The Balaban J connectivity index is 1.46. The lowest BCUT2D eigenvalue weighted by atomic mass is 9.55. The number of hydrogen-bond acceptors (Lipinski definition) is 6. The number of alkyl halides is 3. The lowest BCUT2D eigenvalue weighted by Crippen LogP contribution is -2.60. The highest BCUT2D eigenvalue weighted by Crippen LogP contribution is 2.49. The monoisotopic (exact) mass is 488 g/mol. The van der Waals surface area contributed by atoms with Crippen LogP contribution in [-0.2, 0) is 6.18 Å². The van der Waals surface area contributed by atoms with Gasteiger partial charge in [0.05, 0.1) is 44.7 Å². The highest BCUT2D eigenvalue weighted by molar-refractivity contribution is 6.41. The second-order valence-corrected chi connectivity index (χ2v) is 9.16. The number of aromatic nitrogens is 4. The van der Waals surface area contributed by atoms with E-state index in [1.165, 1.54) is 17.2 Å². The van der Waals surface area contributed by atoms with Crippen LogP contribution in [0.1, 0.15) is 46.2 Å². The summed E-state index contributed by atoms with van der Waals surface area (Å²) in [5.74, 6) is -0.259. The van der Waals surface area contributed by atoms with Crippen LogP contribution < -0.4 is 10.5 Å². The number of amides is 1. The summed E-state index contributed by atoms with van der Waals surface area (Å²) in [7, 11) is 12.7. The van der Waals surface area contributed by atoms with Crippen molar-refractivity contribution >= 4 is 44.0 Å². The molecule has 5 heterocycles. The molecular formula is C23H17B2F3N6O2. The molecule has 1 saturated heterocycles. The normalized spacial score (nSPS) is 20.8. The van der Waals surface area contributed by atoms with Crippen LogP contribution in [0, 0.1) is 6.92 Å². The highest BCUT2D eigenvalue weighted by atomic mass is 19.4. The van der Waals surface area contributed by atoms with Crippen molar-refractivity contribution in [1.29, 1.82) is 0 Å². The quantitative estimate of drug-likeness (QED) is 0.414. The first-order valence-electron chi connectivity index (χ1n) is 11.1. The molecule has 8 nitrogen and oxygen atoms in total. The molecule has 2 atom stereocenters. The molecule has 3 aromatic heterocycles. The van der Waals surface area contributed by atoms with Crippen molar-refractivity contribution in [3.05, 3.63) is 59.3 Å². The molecule has 4 aromatic rings. The second kappa shape index (κ2) is 7.37. The lowest BCUT2D eigenvalue weighted by molar-refractivity contribution is -0.137. The summed E-state index contributed by atoms with van der Waals surface area (Å²) in [6, 6.07) is 3.97. The van der Waals surface area contributed by atoms with E-state index in [0.29, 0.717) is 34.2 Å². The Morgan fingerprint density at radius 2 is 2.03 bits per heavy atom. The van der Waals surface area contributed by atoms with Crippen LogP contribution in [0.2, 0.25) is 0 Å². The first-order chi connectivity index (χ1) is 17.0. The Bertz CT molecular complexity index is 1570. The number of aryl methyl sites for hydroxylation is 1. The smallest absolute Gasteiger partial charge is 0.416 e. The van der Waals surface area contributed by atoms with E-state index in [4.69, 9.17) is 26.2 Å². The van der Waals surface area contributed by atoms with Crippen LogP contribution in [0.5, 0.6) is 5.75 Å². The number of benzene rings is 1. The average molecular weight is 488 g/mol. The van der Waals surface area contributed by atoms with E-state index in [1.54, 1.807) is 23.7 Å². The first kappa shape index (κ1) is 22.7. The molecule has 13 heteroatoms. The molecule has 2 aliphatic heterocycles. The third kappa shape index (κ3) is 3.25. The maximum absolute atomic E-state index is 13.8. The summed E-state index contributed by atoms with van der Waals surface area (Å²) in [6.07, 6.45) is -1.60. The third-order valence-corrected chi connectivity index (χ3v) is 6.84. The number of carbonyl (C=O) groups is 1. The Morgan fingerprint density at radius 1 is 1.25 bits per heavy atom. The van der Waals surface area contributed by atoms with E-state index in [1.807, 2.05) is 0 Å². The van der Waals surface area contributed by atoms with Crippen LogP contribution in [-0.4, -0.2) is 57.3 Å². The zero-order valence-corrected chi connectivity index (χ0v) is 19.0. The van der Waals surface area contributed by atoms with Crippen LogP contribution in [0.25, 0.3) is 16.6 Å². The summed E-state index contributed by atoms with van der Waals surface area (Å²) in [4.78, 5) is 28.0. The Morgan fingerprint density at radius 3 is 2.78 bits per heavy atom. The van der Waals surface area contributed by atoms with Gasteiger partial charge in [-0.3, -0.25) is 9.20 Å².